The highest BCUT2D eigenvalue weighted by Gasteiger charge is 2.16. The summed E-state index contributed by atoms with van der Waals surface area (Å²) in [5, 5.41) is 3.12. The van der Waals surface area contributed by atoms with Crippen molar-refractivity contribution in [3.8, 4) is 5.75 Å². The molecule has 1 fully saturated rings. The molecule has 4 nitrogen and oxygen atoms in total. The van der Waals surface area contributed by atoms with Crippen LogP contribution in [0.25, 0.3) is 0 Å². The molecule has 1 aromatic carbocycles. The molecular formula is C17H24N2O2. The highest BCUT2D eigenvalue weighted by molar-refractivity contribution is 5.95. The molecule has 1 aromatic rings. The fraction of sp³-hybridized carbons (Fsp3) is 0.471. The van der Waals surface area contributed by atoms with Gasteiger partial charge in [-0.1, -0.05) is 38.3 Å². The second-order valence-electron chi connectivity index (χ2n) is 5.51. The van der Waals surface area contributed by atoms with Gasteiger partial charge in [0.2, 0.25) is 0 Å². The lowest BCUT2D eigenvalue weighted by Crippen LogP contribution is -2.34. The Kier molecular flexibility index (Phi) is 5.67. The molecule has 2 rings (SSSR count). The topological polar surface area (TPSA) is 64.3 Å². The van der Waals surface area contributed by atoms with E-state index in [1.54, 1.807) is 24.3 Å². The molecule has 0 spiro atoms. The van der Waals surface area contributed by atoms with Crippen LogP contribution in [0.3, 0.4) is 0 Å². The zero-order chi connectivity index (χ0) is 15.1. The van der Waals surface area contributed by atoms with E-state index < -0.39 is 0 Å². The standard InChI is InChI=1S/C17H24N2O2/c1-2-11-21-16-12-13(9-10-15(16)18)17(20)19-14-7-5-3-4-6-8-14/h2,9-10,12,14H,1,3-8,11,18H2,(H,19,20). The van der Waals surface area contributed by atoms with E-state index in [0.29, 0.717) is 23.6 Å². The van der Waals surface area contributed by atoms with Gasteiger partial charge in [-0.05, 0) is 31.0 Å². The van der Waals surface area contributed by atoms with Crippen LogP contribution in [0.15, 0.2) is 30.9 Å². The van der Waals surface area contributed by atoms with Crippen molar-refractivity contribution in [2.45, 2.75) is 44.6 Å². The van der Waals surface area contributed by atoms with Gasteiger partial charge >= 0.3 is 0 Å². The summed E-state index contributed by atoms with van der Waals surface area (Å²) in [6.07, 6.45) is 8.72. The first-order chi connectivity index (χ1) is 10.2. The second-order valence-corrected chi connectivity index (χ2v) is 5.51. The van der Waals surface area contributed by atoms with Crippen LogP contribution in [-0.2, 0) is 0 Å². The molecule has 0 saturated heterocycles. The summed E-state index contributed by atoms with van der Waals surface area (Å²) in [6.45, 7) is 3.98. The highest BCUT2D eigenvalue weighted by atomic mass is 16.5. The van der Waals surface area contributed by atoms with Gasteiger partial charge in [0.05, 0.1) is 5.69 Å². The number of benzene rings is 1. The van der Waals surface area contributed by atoms with E-state index in [0.717, 1.165) is 12.8 Å². The van der Waals surface area contributed by atoms with Gasteiger partial charge < -0.3 is 15.8 Å². The molecule has 0 atom stereocenters. The smallest absolute Gasteiger partial charge is 0.251 e. The molecule has 4 heteroatoms. The monoisotopic (exact) mass is 288 g/mol. The summed E-state index contributed by atoms with van der Waals surface area (Å²) in [5.41, 5.74) is 6.96. The quantitative estimate of drug-likeness (QED) is 0.496. The van der Waals surface area contributed by atoms with Crippen molar-refractivity contribution in [3.63, 3.8) is 0 Å². The van der Waals surface area contributed by atoms with Crippen molar-refractivity contribution in [1.82, 2.24) is 5.32 Å². The SMILES string of the molecule is C=CCOc1cc(C(=O)NC2CCCCCC2)ccc1N. The molecule has 0 radical (unpaired) electrons. The molecule has 1 aliphatic carbocycles. The highest BCUT2D eigenvalue weighted by Crippen LogP contribution is 2.23. The van der Waals surface area contributed by atoms with Crippen molar-refractivity contribution < 1.29 is 9.53 Å². The molecule has 0 aliphatic heterocycles. The van der Waals surface area contributed by atoms with Crippen molar-refractivity contribution in [3.05, 3.63) is 36.4 Å². The number of hydrogen-bond donors (Lipinski definition) is 2. The number of anilines is 1. The van der Waals surface area contributed by atoms with Gasteiger partial charge in [0, 0.05) is 11.6 Å². The zero-order valence-electron chi connectivity index (χ0n) is 12.4. The number of nitrogens with one attached hydrogen (secondary N) is 1. The zero-order valence-corrected chi connectivity index (χ0v) is 12.4. The summed E-state index contributed by atoms with van der Waals surface area (Å²) in [6, 6.07) is 5.43. The van der Waals surface area contributed by atoms with E-state index in [-0.39, 0.29) is 11.9 Å². The minimum absolute atomic E-state index is 0.0506. The van der Waals surface area contributed by atoms with E-state index in [2.05, 4.69) is 11.9 Å². The molecule has 0 aromatic heterocycles. The molecule has 0 bridgehead atoms. The van der Waals surface area contributed by atoms with Crippen molar-refractivity contribution in [1.29, 1.82) is 0 Å². The largest absolute Gasteiger partial charge is 0.487 e. The number of nitrogen functional groups attached to an aromatic ring is 1. The average Bonchev–Trinajstić information content (AvgIpc) is 2.75. The van der Waals surface area contributed by atoms with Crippen molar-refractivity contribution in [2.75, 3.05) is 12.3 Å². The Morgan fingerprint density at radius 3 is 2.71 bits per heavy atom. The van der Waals surface area contributed by atoms with Crippen molar-refractivity contribution >= 4 is 11.6 Å². The summed E-state index contributed by atoms with van der Waals surface area (Å²) < 4.78 is 5.46. The van der Waals surface area contributed by atoms with Gasteiger partial charge in [-0.25, -0.2) is 0 Å². The van der Waals surface area contributed by atoms with Crippen LogP contribution in [-0.4, -0.2) is 18.6 Å². The maximum atomic E-state index is 12.3. The maximum Gasteiger partial charge on any atom is 0.251 e. The van der Waals surface area contributed by atoms with Gasteiger partial charge in [-0.3, -0.25) is 4.79 Å². The Balaban J connectivity index is 2.02. The lowest BCUT2D eigenvalue weighted by atomic mass is 10.1. The minimum Gasteiger partial charge on any atom is -0.487 e. The molecular weight excluding hydrogens is 264 g/mol. The van der Waals surface area contributed by atoms with Gasteiger partial charge in [0.25, 0.3) is 5.91 Å². The fourth-order valence-corrected chi connectivity index (χ4v) is 2.64. The summed E-state index contributed by atoms with van der Waals surface area (Å²) >= 11 is 0. The molecule has 1 amide bonds. The van der Waals surface area contributed by atoms with Gasteiger partial charge in [-0.2, -0.15) is 0 Å². The van der Waals surface area contributed by atoms with Crippen LogP contribution in [0.4, 0.5) is 5.69 Å². The number of hydrogen-bond acceptors (Lipinski definition) is 3. The fourth-order valence-electron chi connectivity index (χ4n) is 2.64. The molecule has 0 heterocycles. The number of rotatable bonds is 5. The summed E-state index contributed by atoms with van der Waals surface area (Å²) in [4.78, 5) is 12.3. The third-order valence-corrected chi connectivity index (χ3v) is 3.82. The first-order valence-corrected chi connectivity index (χ1v) is 7.65. The lowest BCUT2D eigenvalue weighted by Gasteiger charge is -2.17. The predicted molar refractivity (Wildman–Crippen MR) is 85.5 cm³/mol. The number of nitrogens with two attached hydrogens (primary N) is 1. The Labute approximate surface area is 126 Å². The number of carbonyl (C=O) groups is 1. The van der Waals surface area contributed by atoms with Crippen LogP contribution in [0.5, 0.6) is 5.75 Å². The van der Waals surface area contributed by atoms with E-state index in [4.69, 9.17) is 10.5 Å². The Hall–Kier alpha value is -1.97. The molecule has 21 heavy (non-hydrogen) atoms. The maximum absolute atomic E-state index is 12.3. The van der Waals surface area contributed by atoms with Gasteiger partial charge in [0.15, 0.2) is 0 Å². The third kappa shape index (κ3) is 4.52. The molecule has 3 N–H and O–H groups in total. The van der Waals surface area contributed by atoms with E-state index in [9.17, 15) is 4.79 Å². The van der Waals surface area contributed by atoms with E-state index in [1.807, 2.05) is 0 Å². The Bertz CT molecular complexity index is 492. The first-order valence-electron chi connectivity index (χ1n) is 7.65. The van der Waals surface area contributed by atoms with Crippen LogP contribution in [0.2, 0.25) is 0 Å². The van der Waals surface area contributed by atoms with Crippen LogP contribution in [0, 0.1) is 0 Å². The molecule has 0 unspecified atom stereocenters. The van der Waals surface area contributed by atoms with Gasteiger partial charge in [-0.15, -0.1) is 0 Å². The van der Waals surface area contributed by atoms with E-state index in [1.165, 1.54) is 25.7 Å². The molecule has 114 valence electrons. The molecule has 1 aliphatic rings. The minimum atomic E-state index is -0.0506. The van der Waals surface area contributed by atoms with Crippen molar-refractivity contribution in [2.24, 2.45) is 0 Å². The normalized spacial score (nSPS) is 16.0. The third-order valence-electron chi connectivity index (χ3n) is 3.82. The van der Waals surface area contributed by atoms with Crippen LogP contribution < -0.4 is 15.8 Å². The number of ether oxygens (including phenoxy) is 1. The lowest BCUT2D eigenvalue weighted by molar-refractivity contribution is 0.0933. The first kappa shape index (κ1) is 15.4. The summed E-state index contributed by atoms with van der Waals surface area (Å²) in [5.74, 6) is 0.480. The number of amides is 1. The Morgan fingerprint density at radius 1 is 1.33 bits per heavy atom. The summed E-state index contributed by atoms with van der Waals surface area (Å²) in [7, 11) is 0. The second kappa shape index (κ2) is 7.72. The Morgan fingerprint density at radius 2 is 2.05 bits per heavy atom. The predicted octanol–water partition coefficient (Wildman–Crippen LogP) is 3.29. The molecule has 1 saturated carbocycles. The number of carbonyl (C=O) groups excluding carboxylic acids is 1. The average molecular weight is 288 g/mol. The van der Waals surface area contributed by atoms with Gasteiger partial charge in [0.1, 0.15) is 12.4 Å². The van der Waals surface area contributed by atoms with Crippen LogP contribution in [0.1, 0.15) is 48.9 Å². The van der Waals surface area contributed by atoms with Crippen LogP contribution >= 0.6 is 0 Å². The van der Waals surface area contributed by atoms with E-state index >= 15 is 0 Å².